The van der Waals surface area contributed by atoms with Crippen molar-refractivity contribution < 1.29 is 19.1 Å². The zero-order valence-corrected chi connectivity index (χ0v) is 11.9. The summed E-state index contributed by atoms with van der Waals surface area (Å²) in [6.45, 7) is 1.55. The molecule has 0 saturated heterocycles. The lowest BCUT2D eigenvalue weighted by Crippen LogP contribution is -2.54. The quantitative estimate of drug-likeness (QED) is 0.791. The molecule has 1 aliphatic carbocycles. The molecule has 1 atom stereocenters. The van der Waals surface area contributed by atoms with Crippen LogP contribution in [0.25, 0.3) is 0 Å². The number of hydrogen-bond donors (Lipinski definition) is 2. The molecule has 108 valence electrons. The van der Waals surface area contributed by atoms with E-state index in [0.29, 0.717) is 0 Å². The normalized spacial score (nSPS) is 17.3. The van der Waals surface area contributed by atoms with Gasteiger partial charge in [-0.25, -0.2) is 9.18 Å². The Bertz CT molecular complexity index is 516. The molecule has 1 unspecified atom stereocenters. The third-order valence-electron chi connectivity index (χ3n) is 3.42. The Balaban J connectivity index is 1.88. The molecule has 0 heterocycles. The lowest BCUT2D eigenvalue weighted by Gasteiger charge is -2.26. The van der Waals surface area contributed by atoms with Crippen LogP contribution in [0, 0.1) is 11.7 Å². The number of aliphatic carboxylic acids is 1. The number of hydrogen-bond acceptors (Lipinski definition) is 3. The van der Waals surface area contributed by atoms with E-state index in [1.807, 2.05) is 0 Å². The largest absolute Gasteiger partial charge is 0.480 e. The van der Waals surface area contributed by atoms with E-state index in [1.54, 1.807) is 19.1 Å². The molecule has 1 fully saturated rings. The fraction of sp³-hybridized carbons (Fsp3) is 0.429. The van der Waals surface area contributed by atoms with Gasteiger partial charge in [0, 0.05) is 4.90 Å². The topological polar surface area (TPSA) is 66.4 Å². The summed E-state index contributed by atoms with van der Waals surface area (Å²) in [5.41, 5.74) is -1.18. The molecular weight excluding hydrogens is 281 g/mol. The summed E-state index contributed by atoms with van der Waals surface area (Å²) >= 11 is 1.25. The summed E-state index contributed by atoms with van der Waals surface area (Å²) < 4.78 is 12.7. The van der Waals surface area contributed by atoms with Gasteiger partial charge in [-0.05, 0) is 49.9 Å². The molecule has 1 aliphatic rings. The molecule has 1 aromatic rings. The molecule has 2 N–H and O–H groups in total. The minimum atomic E-state index is -1.18. The van der Waals surface area contributed by atoms with Gasteiger partial charge in [0.25, 0.3) is 0 Å². The van der Waals surface area contributed by atoms with Gasteiger partial charge in [0.2, 0.25) is 5.91 Å². The van der Waals surface area contributed by atoms with Crippen molar-refractivity contribution in [3.8, 4) is 0 Å². The lowest BCUT2D eigenvalue weighted by molar-refractivity contribution is -0.147. The lowest BCUT2D eigenvalue weighted by atomic mass is 9.96. The Kier molecular flexibility index (Phi) is 4.32. The number of rotatable bonds is 6. The van der Waals surface area contributed by atoms with E-state index in [2.05, 4.69) is 5.32 Å². The second-order valence-electron chi connectivity index (χ2n) is 5.07. The van der Waals surface area contributed by atoms with Crippen LogP contribution in [0.15, 0.2) is 29.2 Å². The minimum absolute atomic E-state index is 0.0137. The van der Waals surface area contributed by atoms with Gasteiger partial charge in [-0.1, -0.05) is 0 Å². The molecule has 1 saturated carbocycles. The van der Waals surface area contributed by atoms with Crippen molar-refractivity contribution in [2.24, 2.45) is 5.92 Å². The van der Waals surface area contributed by atoms with Crippen molar-refractivity contribution in [1.29, 1.82) is 0 Å². The molecule has 6 heteroatoms. The molecule has 0 bridgehead atoms. The summed E-state index contributed by atoms with van der Waals surface area (Å²) in [5.74, 6) is -1.52. The van der Waals surface area contributed by atoms with Crippen LogP contribution in [0.5, 0.6) is 0 Å². The first-order valence-electron chi connectivity index (χ1n) is 6.34. The summed E-state index contributed by atoms with van der Waals surface area (Å²) in [6.07, 6.45) is 1.66. The number of amides is 1. The predicted molar refractivity (Wildman–Crippen MR) is 74.0 cm³/mol. The van der Waals surface area contributed by atoms with Gasteiger partial charge in [0.1, 0.15) is 11.4 Å². The third kappa shape index (κ3) is 3.50. The standard InChI is InChI=1S/C14H16FNO3S/c1-14(13(18)19,9-2-3-9)16-12(17)8-20-11-6-4-10(15)5-7-11/h4-7,9H,2-3,8H2,1H3,(H,16,17)(H,18,19). The van der Waals surface area contributed by atoms with Crippen LogP contribution in [0.2, 0.25) is 0 Å². The number of carboxylic acids is 1. The number of thioether (sulfide) groups is 1. The smallest absolute Gasteiger partial charge is 0.329 e. The monoisotopic (exact) mass is 297 g/mol. The van der Waals surface area contributed by atoms with Gasteiger partial charge >= 0.3 is 5.97 Å². The fourth-order valence-electron chi connectivity index (χ4n) is 2.00. The van der Waals surface area contributed by atoms with Gasteiger partial charge in [-0.3, -0.25) is 4.79 Å². The first-order chi connectivity index (χ1) is 9.41. The SMILES string of the molecule is CC(NC(=O)CSc1ccc(F)cc1)(C(=O)O)C1CC1. The molecule has 4 nitrogen and oxygen atoms in total. The summed E-state index contributed by atoms with van der Waals surface area (Å²) in [6, 6.07) is 5.83. The maximum atomic E-state index is 12.7. The van der Waals surface area contributed by atoms with E-state index in [4.69, 9.17) is 0 Å². The number of benzene rings is 1. The highest BCUT2D eigenvalue weighted by Crippen LogP contribution is 2.39. The van der Waals surface area contributed by atoms with Crippen molar-refractivity contribution in [2.75, 3.05) is 5.75 Å². The van der Waals surface area contributed by atoms with Crippen LogP contribution >= 0.6 is 11.8 Å². The Hall–Kier alpha value is -1.56. The molecule has 1 aromatic carbocycles. The number of halogens is 1. The number of nitrogens with one attached hydrogen (secondary N) is 1. The highest BCUT2D eigenvalue weighted by molar-refractivity contribution is 8.00. The maximum Gasteiger partial charge on any atom is 0.329 e. The summed E-state index contributed by atoms with van der Waals surface area (Å²) in [4.78, 5) is 23.9. The fourth-order valence-corrected chi connectivity index (χ4v) is 2.69. The Labute approximate surface area is 120 Å². The molecule has 20 heavy (non-hydrogen) atoms. The van der Waals surface area contributed by atoms with E-state index in [0.717, 1.165) is 17.7 Å². The summed E-state index contributed by atoms with van der Waals surface area (Å²) in [7, 11) is 0. The van der Waals surface area contributed by atoms with Crippen molar-refractivity contribution >= 4 is 23.6 Å². The van der Waals surface area contributed by atoms with Gasteiger partial charge in [-0.15, -0.1) is 11.8 Å². The first-order valence-corrected chi connectivity index (χ1v) is 7.33. The number of carboxylic acid groups (broad SMARTS) is 1. The second-order valence-corrected chi connectivity index (χ2v) is 6.12. The molecule has 1 amide bonds. The second kappa shape index (κ2) is 5.83. The zero-order valence-electron chi connectivity index (χ0n) is 11.1. The highest BCUT2D eigenvalue weighted by Gasteiger charge is 2.48. The first kappa shape index (κ1) is 14.8. The van der Waals surface area contributed by atoms with E-state index in [1.165, 1.54) is 23.9 Å². The van der Waals surface area contributed by atoms with Gasteiger partial charge in [0.05, 0.1) is 5.75 Å². The minimum Gasteiger partial charge on any atom is -0.480 e. The molecule has 0 spiro atoms. The molecule has 0 aromatic heterocycles. The third-order valence-corrected chi connectivity index (χ3v) is 4.43. The Morgan fingerprint density at radius 2 is 2.00 bits per heavy atom. The van der Waals surface area contributed by atoms with Crippen LogP contribution in [-0.2, 0) is 9.59 Å². The Morgan fingerprint density at radius 1 is 1.40 bits per heavy atom. The molecular formula is C14H16FNO3S. The van der Waals surface area contributed by atoms with Gasteiger partial charge in [-0.2, -0.15) is 0 Å². The van der Waals surface area contributed by atoms with Crippen LogP contribution in [0.3, 0.4) is 0 Å². The van der Waals surface area contributed by atoms with Crippen LogP contribution in [-0.4, -0.2) is 28.3 Å². The van der Waals surface area contributed by atoms with E-state index < -0.39 is 11.5 Å². The number of carbonyl (C=O) groups excluding carboxylic acids is 1. The van der Waals surface area contributed by atoms with Crippen LogP contribution in [0.4, 0.5) is 4.39 Å². The van der Waals surface area contributed by atoms with Gasteiger partial charge < -0.3 is 10.4 Å². The average molecular weight is 297 g/mol. The van der Waals surface area contributed by atoms with Crippen molar-refractivity contribution in [3.05, 3.63) is 30.1 Å². The van der Waals surface area contributed by atoms with E-state index >= 15 is 0 Å². The van der Waals surface area contributed by atoms with Crippen LogP contribution < -0.4 is 5.32 Å². The van der Waals surface area contributed by atoms with Crippen molar-refractivity contribution in [2.45, 2.75) is 30.2 Å². The maximum absolute atomic E-state index is 12.7. The molecule has 0 aliphatic heterocycles. The highest BCUT2D eigenvalue weighted by atomic mass is 32.2. The van der Waals surface area contributed by atoms with Crippen LogP contribution in [0.1, 0.15) is 19.8 Å². The Morgan fingerprint density at radius 3 is 2.50 bits per heavy atom. The predicted octanol–water partition coefficient (Wildman–Crippen LogP) is 2.29. The van der Waals surface area contributed by atoms with Crippen molar-refractivity contribution in [3.63, 3.8) is 0 Å². The average Bonchev–Trinajstić information content (AvgIpc) is 3.22. The summed E-state index contributed by atoms with van der Waals surface area (Å²) in [5, 5.41) is 11.8. The molecule has 2 rings (SSSR count). The van der Waals surface area contributed by atoms with E-state index in [-0.39, 0.29) is 23.4 Å². The zero-order chi connectivity index (χ0) is 14.8. The van der Waals surface area contributed by atoms with E-state index in [9.17, 15) is 19.1 Å². The van der Waals surface area contributed by atoms with Crippen molar-refractivity contribution in [1.82, 2.24) is 5.32 Å². The molecule has 0 radical (unpaired) electrons. The number of carbonyl (C=O) groups is 2. The van der Waals surface area contributed by atoms with Gasteiger partial charge in [0.15, 0.2) is 0 Å².